The predicted octanol–water partition coefficient (Wildman–Crippen LogP) is 2.85. The molecule has 0 radical (unpaired) electrons. The van der Waals surface area contributed by atoms with Gasteiger partial charge in [-0.1, -0.05) is 19.3 Å². The maximum Gasteiger partial charge on any atom is 0.192 e. The van der Waals surface area contributed by atoms with Crippen LogP contribution in [0, 0.1) is 18.6 Å². The number of aliphatic imine (C=N–C) groups is 1. The van der Waals surface area contributed by atoms with E-state index >= 15 is 0 Å². The van der Waals surface area contributed by atoms with Crippen molar-refractivity contribution in [3.8, 4) is 5.75 Å². The van der Waals surface area contributed by atoms with Crippen LogP contribution in [0.3, 0.4) is 0 Å². The Morgan fingerprint density at radius 2 is 2.03 bits per heavy atom. The summed E-state index contributed by atoms with van der Waals surface area (Å²) in [6.45, 7) is 2.93. The molecule has 7 nitrogen and oxygen atoms in total. The third kappa shape index (κ3) is 6.13. The van der Waals surface area contributed by atoms with E-state index < -0.39 is 11.6 Å². The van der Waals surface area contributed by atoms with Gasteiger partial charge in [0.2, 0.25) is 0 Å². The quantitative estimate of drug-likeness (QED) is 0.420. The maximum atomic E-state index is 13.7. The minimum absolute atomic E-state index is 0.0292. The average Bonchev–Trinajstić information content (AvgIpc) is 3.03. The fourth-order valence-electron chi connectivity index (χ4n) is 3.25. The molecule has 0 atom stereocenters. The Hall–Kier alpha value is -2.71. The zero-order valence-corrected chi connectivity index (χ0v) is 16.9. The fraction of sp³-hybridized carbons (Fsp3) is 0.550. The van der Waals surface area contributed by atoms with Gasteiger partial charge in [0, 0.05) is 19.2 Å². The summed E-state index contributed by atoms with van der Waals surface area (Å²) in [5.74, 6) is 0.966. The number of benzene rings is 1. The Bertz CT molecular complexity index is 832. The lowest BCUT2D eigenvalue weighted by Crippen LogP contribution is -2.45. The number of hydrogen-bond donors (Lipinski definition) is 2. The summed E-state index contributed by atoms with van der Waals surface area (Å²) in [6.07, 6.45) is 5.91. The van der Waals surface area contributed by atoms with Crippen molar-refractivity contribution >= 4 is 5.96 Å². The lowest BCUT2D eigenvalue weighted by atomic mass is 9.96. The number of nitrogens with zero attached hydrogens (tertiary/aromatic N) is 4. The second kappa shape index (κ2) is 10.2. The van der Waals surface area contributed by atoms with Gasteiger partial charge in [-0.2, -0.15) is 0 Å². The molecule has 1 aliphatic rings. The average molecular weight is 406 g/mol. The van der Waals surface area contributed by atoms with E-state index in [1.165, 1.54) is 31.4 Å². The summed E-state index contributed by atoms with van der Waals surface area (Å²) in [4.78, 5) is 4.63. The van der Waals surface area contributed by atoms with Gasteiger partial charge in [0.25, 0.3) is 0 Å². The highest BCUT2D eigenvalue weighted by Crippen LogP contribution is 2.18. The zero-order chi connectivity index (χ0) is 20.6. The molecule has 0 aliphatic heterocycles. The topological polar surface area (TPSA) is 76.4 Å². The van der Waals surface area contributed by atoms with Gasteiger partial charge >= 0.3 is 0 Å². The molecule has 158 valence electrons. The van der Waals surface area contributed by atoms with E-state index in [9.17, 15) is 8.78 Å². The highest BCUT2D eigenvalue weighted by atomic mass is 19.1. The van der Waals surface area contributed by atoms with Crippen molar-refractivity contribution in [2.24, 2.45) is 12.0 Å². The Balaban J connectivity index is 1.56. The molecule has 29 heavy (non-hydrogen) atoms. The van der Waals surface area contributed by atoms with Crippen LogP contribution in [-0.4, -0.2) is 39.9 Å². The Morgan fingerprint density at radius 1 is 1.24 bits per heavy atom. The fourth-order valence-corrected chi connectivity index (χ4v) is 3.25. The zero-order valence-electron chi connectivity index (χ0n) is 16.9. The molecule has 0 saturated heterocycles. The van der Waals surface area contributed by atoms with Gasteiger partial charge in [-0.15, -0.1) is 10.2 Å². The predicted molar refractivity (Wildman–Crippen MR) is 107 cm³/mol. The Labute approximate surface area is 169 Å². The Morgan fingerprint density at radius 3 is 2.72 bits per heavy atom. The van der Waals surface area contributed by atoms with Crippen LogP contribution in [0.1, 0.15) is 43.8 Å². The molecule has 2 N–H and O–H groups in total. The van der Waals surface area contributed by atoms with Crippen LogP contribution in [0.5, 0.6) is 5.75 Å². The van der Waals surface area contributed by atoms with E-state index in [1.807, 2.05) is 18.5 Å². The third-order valence-corrected chi connectivity index (χ3v) is 5.05. The molecule has 3 rings (SSSR count). The van der Waals surface area contributed by atoms with Gasteiger partial charge in [0.05, 0.1) is 6.54 Å². The number of aryl methyl sites for hydroxylation is 1. The van der Waals surface area contributed by atoms with Gasteiger partial charge in [-0.3, -0.25) is 0 Å². The van der Waals surface area contributed by atoms with E-state index in [0.717, 1.165) is 30.6 Å². The van der Waals surface area contributed by atoms with Crippen LogP contribution < -0.4 is 15.4 Å². The maximum absolute atomic E-state index is 13.7. The third-order valence-electron chi connectivity index (χ3n) is 5.05. The van der Waals surface area contributed by atoms with Gasteiger partial charge in [-0.25, -0.2) is 13.8 Å². The molecule has 1 aromatic carbocycles. The first-order chi connectivity index (χ1) is 14.0. The molecule has 1 aromatic heterocycles. The van der Waals surface area contributed by atoms with Gasteiger partial charge in [0.1, 0.15) is 24.8 Å². The molecular formula is C20H28F2N6O. The highest BCUT2D eigenvalue weighted by Gasteiger charge is 2.15. The molecule has 1 fully saturated rings. The number of rotatable bonds is 7. The highest BCUT2D eigenvalue weighted by molar-refractivity contribution is 5.80. The van der Waals surface area contributed by atoms with Crippen LogP contribution in [0.4, 0.5) is 8.78 Å². The van der Waals surface area contributed by atoms with E-state index in [1.54, 1.807) is 0 Å². The van der Waals surface area contributed by atoms with Crippen molar-refractivity contribution in [1.29, 1.82) is 0 Å². The molecule has 0 amide bonds. The second-order valence-corrected chi connectivity index (χ2v) is 7.22. The van der Waals surface area contributed by atoms with Gasteiger partial charge in [0.15, 0.2) is 23.4 Å². The van der Waals surface area contributed by atoms with E-state index in [-0.39, 0.29) is 12.4 Å². The van der Waals surface area contributed by atoms with Crippen molar-refractivity contribution in [3.05, 3.63) is 41.5 Å². The lowest BCUT2D eigenvalue weighted by molar-refractivity contribution is 0.304. The molecule has 1 saturated carbocycles. The summed E-state index contributed by atoms with van der Waals surface area (Å²) < 4.78 is 33.9. The van der Waals surface area contributed by atoms with Crippen LogP contribution in [0.25, 0.3) is 0 Å². The lowest BCUT2D eigenvalue weighted by Gasteiger charge is -2.25. The number of halogens is 2. The molecule has 2 aromatic rings. The van der Waals surface area contributed by atoms with Crippen LogP contribution in [-0.2, 0) is 13.6 Å². The first-order valence-corrected chi connectivity index (χ1v) is 10.0. The van der Waals surface area contributed by atoms with E-state index in [4.69, 9.17) is 4.74 Å². The molecule has 0 bridgehead atoms. The smallest absolute Gasteiger partial charge is 0.192 e. The SMILES string of the molecule is Cc1nnc(CN=C(NCCOc2ccc(F)cc2F)NC2CCCCC2)n1C. The first kappa shape index (κ1) is 21.0. The number of nitrogens with one attached hydrogen (secondary N) is 2. The molecule has 1 heterocycles. The van der Waals surface area contributed by atoms with Gasteiger partial charge < -0.3 is 19.9 Å². The monoisotopic (exact) mass is 406 g/mol. The summed E-state index contributed by atoms with van der Waals surface area (Å²) in [6, 6.07) is 3.65. The van der Waals surface area contributed by atoms with Crippen molar-refractivity contribution in [3.63, 3.8) is 0 Å². The standard InChI is InChI=1S/C20H28F2N6O/c1-14-26-27-19(28(14)2)13-24-20(25-16-6-4-3-5-7-16)23-10-11-29-18-9-8-15(21)12-17(18)22/h8-9,12,16H,3-7,10-11,13H2,1-2H3,(H2,23,24,25). The number of guanidine groups is 1. The second-order valence-electron chi connectivity index (χ2n) is 7.22. The van der Waals surface area contributed by atoms with Crippen molar-refractivity contribution < 1.29 is 13.5 Å². The van der Waals surface area contributed by atoms with Crippen molar-refractivity contribution in [1.82, 2.24) is 25.4 Å². The largest absolute Gasteiger partial charge is 0.489 e. The van der Waals surface area contributed by atoms with Crippen molar-refractivity contribution in [2.75, 3.05) is 13.2 Å². The first-order valence-electron chi connectivity index (χ1n) is 10.0. The summed E-state index contributed by atoms with van der Waals surface area (Å²) in [7, 11) is 1.91. The normalized spacial score (nSPS) is 15.4. The van der Waals surface area contributed by atoms with E-state index in [0.29, 0.717) is 25.1 Å². The minimum atomic E-state index is -0.711. The molecular weight excluding hydrogens is 378 g/mol. The summed E-state index contributed by atoms with van der Waals surface area (Å²) >= 11 is 0. The number of hydrogen-bond acceptors (Lipinski definition) is 4. The minimum Gasteiger partial charge on any atom is -0.489 e. The van der Waals surface area contributed by atoms with Crippen molar-refractivity contribution in [2.45, 2.75) is 51.6 Å². The van der Waals surface area contributed by atoms with Crippen LogP contribution >= 0.6 is 0 Å². The molecule has 9 heteroatoms. The van der Waals surface area contributed by atoms with Crippen LogP contribution in [0.15, 0.2) is 23.2 Å². The van der Waals surface area contributed by atoms with Gasteiger partial charge in [-0.05, 0) is 31.9 Å². The van der Waals surface area contributed by atoms with Crippen LogP contribution in [0.2, 0.25) is 0 Å². The summed E-state index contributed by atoms with van der Waals surface area (Å²) in [5.41, 5.74) is 0. The molecule has 1 aliphatic carbocycles. The number of ether oxygens (including phenoxy) is 1. The molecule has 0 spiro atoms. The Kier molecular flexibility index (Phi) is 7.37. The van der Waals surface area contributed by atoms with E-state index in [2.05, 4.69) is 25.8 Å². The number of aromatic nitrogens is 3. The summed E-state index contributed by atoms with van der Waals surface area (Å²) in [5, 5.41) is 14.9. The molecule has 0 unspecified atom stereocenters.